The molecule has 0 fully saturated rings. The van der Waals surface area contributed by atoms with Gasteiger partial charge in [-0.05, 0) is 30.2 Å². The summed E-state index contributed by atoms with van der Waals surface area (Å²) in [5.74, 6) is 1.19. The molecule has 0 aliphatic carbocycles. The number of para-hydroxylation sites is 1. The maximum Gasteiger partial charge on any atom is 0.258 e. The summed E-state index contributed by atoms with van der Waals surface area (Å²) in [6.07, 6.45) is 1.61. The molecule has 1 aliphatic heterocycles. The zero-order valence-electron chi connectivity index (χ0n) is 13.4. The summed E-state index contributed by atoms with van der Waals surface area (Å²) >= 11 is 0. The number of rotatable bonds is 3. The highest BCUT2D eigenvalue weighted by Gasteiger charge is 2.25. The summed E-state index contributed by atoms with van der Waals surface area (Å²) in [6.45, 7) is 2.69. The second-order valence-electron chi connectivity index (χ2n) is 5.78. The molecule has 0 atom stereocenters. The Balaban J connectivity index is 1.58. The van der Waals surface area contributed by atoms with E-state index in [-0.39, 0.29) is 5.91 Å². The number of benzene rings is 2. The third-order valence-corrected chi connectivity index (χ3v) is 4.29. The Morgan fingerprint density at radius 2 is 1.96 bits per heavy atom. The van der Waals surface area contributed by atoms with Gasteiger partial charge in [0, 0.05) is 29.8 Å². The maximum absolute atomic E-state index is 12.8. The first-order valence-electron chi connectivity index (χ1n) is 8.09. The molecule has 2 heterocycles. The largest absolute Gasteiger partial charge is 0.339 e. The van der Waals surface area contributed by atoms with Crippen LogP contribution in [0.5, 0.6) is 0 Å². The van der Waals surface area contributed by atoms with Crippen molar-refractivity contribution in [3.05, 3.63) is 65.5 Å². The minimum atomic E-state index is 0.0221. The third-order valence-electron chi connectivity index (χ3n) is 4.29. The van der Waals surface area contributed by atoms with E-state index >= 15 is 0 Å². The summed E-state index contributed by atoms with van der Waals surface area (Å²) in [4.78, 5) is 18.9. The Labute approximate surface area is 139 Å². The van der Waals surface area contributed by atoms with E-state index in [2.05, 4.69) is 16.2 Å². The molecule has 0 radical (unpaired) electrons. The molecule has 120 valence electrons. The average molecular weight is 319 g/mol. The van der Waals surface area contributed by atoms with Gasteiger partial charge in [0.1, 0.15) is 0 Å². The van der Waals surface area contributed by atoms with Crippen LogP contribution in [0.25, 0.3) is 11.4 Å². The SMILES string of the molecule is CCc1nc(-c2ccc(C(=O)N3CCc4ccccc43)cc2)no1. The van der Waals surface area contributed by atoms with E-state index in [9.17, 15) is 4.79 Å². The van der Waals surface area contributed by atoms with Crippen molar-refractivity contribution < 1.29 is 9.32 Å². The Morgan fingerprint density at radius 3 is 2.71 bits per heavy atom. The van der Waals surface area contributed by atoms with Crippen molar-refractivity contribution in [1.29, 1.82) is 0 Å². The molecule has 5 heteroatoms. The number of nitrogens with zero attached hydrogens (tertiary/aromatic N) is 3. The Morgan fingerprint density at radius 1 is 1.17 bits per heavy atom. The fourth-order valence-electron chi connectivity index (χ4n) is 2.98. The molecule has 0 saturated heterocycles. The van der Waals surface area contributed by atoms with Crippen LogP contribution >= 0.6 is 0 Å². The van der Waals surface area contributed by atoms with E-state index in [0.29, 0.717) is 23.7 Å². The number of aromatic nitrogens is 2. The van der Waals surface area contributed by atoms with Gasteiger partial charge in [0.2, 0.25) is 11.7 Å². The van der Waals surface area contributed by atoms with Gasteiger partial charge >= 0.3 is 0 Å². The number of fused-ring (bicyclic) bond motifs is 1. The smallest absolute Gasteiger partial charge is 0.258 e. The van der Waals surface area contributed by atoms with Crippen molar-refractivity contribution in [2.24, 2.45) is 0 Å². The molecule has 0 bridgehead atoms. The highest BCUT2D eigenvalue weighted by atomic mass is 16.5. The van der Waals surface area contributed by atoms with Crippen LogP contribution in [0, 0.1) is 0 Å². The Bertz CT molecular complexity index is 884. The van der Waals surface area contributed by atoms with Gasteiger partial charge in [-0.25, -0.2) is 0 Å². The van der Waals surface area contributed by atoms with Crippen LogP contribution in [0.15, 0.2) is 53.1 Å². The second-order valence-corrected chi connectivity index (χ2v) is 5.78. The van der Waals surface area contributed by atoms with Gasteiger partial charge in [-0.1, -0.05) is 42.4 Å². The first-order valence-corrected chi connectivity index (χ1v) is 8.09. The topological polar surface area (TPSA) is 59.2 Å². The van der Waals surface area contributed by atoms with Crippen LogP contribution in [-0.2, 0) is 12.8 Å². The minimum Gasteiger partial charge on any atom is -0.339 e. The molecule has 4 rings (SSSR count). The lowest BCUT2D eigenvalue weighted by atomic mass is 10.1. The number of aryl methyl sites for hydroxylation is 1. The molecule has 0 unspecified atom stereocenters. The van der Waals surface area contributed by atoms with Gasteiger partial charge < -0.3 is 9.42 Å². The predicted octanol–water partition coefficient (Wildman–Crippen LogP) is 3.50. The van der Waals surface area contributed by atoms with E-state index < -0.39 is 0 Å². The van der Waals surface area contributed by atoms with Gasteiger partial charge in [0.05, 0.1) is 0 Å². The van der Waals surface area contributed by atoms with E-state index in [0.717, 1.165) is 24.2 Å². The zero-order valence-corrected chi connectivity index (χ0v) is 13.4. The number of carbonyl (C=O) groups is 1. The van der Waals surface area contributed by atoms with Crippen LogP contribution < -0.4 is 4.90 Å². The summed E-state index contributed by atoms with van der Waals surface area (Å²) in [6, 6.07) is 15.4. The molecular weight excluding hydrogens is 302 g/mol. The molecule has 0 spiro atoms. The van der Waals surface area contributed by atoms with Crippen molar-refractivity contribution in [3.8, 4) is 11.4 Å². The average Bonchev–Trinajstić information content (AvgIpc) is 3.28. The summed E-state index contributed by atoms with van der Waals surface area (Å²) in [5.41, 5.74) is 3.74. The fourth-order valence-corrected chi connectivity index (χ4v) is 2.98. The number of hydrogen-bond donors (Lipinski definition) is 0. The lowest BCUT2D eigenvalue weighted by molar-refractivity contribution is 0.0989. The fraction of sp³-hybridized carbons (Fsp3) is 0.211. The van der Waals surface area contributed by atoms with E-state index in [1.807, 2.05) is 54.3 Å². The summed E-state index contributed by atoms with van der Waals surface area (Å²) in [5, 5.41) is 3.96. The van der Waals surface area contributed by atoms with Crippen molar-refractivity contribution in [1.82, 2.24) is 10.1 Å². The van der Waals surface area contributed by atoms with Crippen molar-refractivity contribution in [2.75, 3.05) is 11.4 Å². The maximum atomic E-state index is 12.8. The summed E-state index contributed by atoms with van der Waals surface area (Å²) in [7, 11) is 0. The van der Waals surface area contributed by atoms with Crippen LogP contribution in [-0.4, -0.2) is 22.6 Å². The molecule has 1 aromatic heterocycles. The molecule has 0 N–H and O–H groups in total. The van der Waals surface area contributed by atoms with E-state index in [4.69, 9.17) is 4.52 Å². The van der Waals surface area contributed by atoms with Crippen molar-refractivity contribution >= 4 is 11.6 Å². The van der Waals surface area contributed by atoms with Crippen LogP contribution in [0.4, 0.5) is 5.69 Å². The molecular formula is C19H17N3O2. The first kappa shape index (κ1) is 14.6. The predicted molar refractivity (Wildman–Crippen MR) is 90.9 cm³/mol. The molecule has 24 heavy (non-hydrogen) atoms. The van der Waals surface area contributed by atoms with Crippen molar-refractivity contribution in [3.63, 3.8) is 0 Å². The van der Waals surface area contributed by atoms with Crippen molar-refractivity contribution in [2.45, 2.75) is 19.8 Å². The minimum absolute atomic E-state index is 0.0221. The lowest BCUT2D eigenvalue weighted by Crippen LogP contribution is -2.28. The van der Waals surface area contributed by atoms with Crippen LogP contribution in [0.1, 0.15) is 28.7 Å². The molecule has 5 nitrogen and oxygen atoms in total. The van der Waals surface area contributed by atoms with E-state index in [1.54, 1.807) is 0 Å². The van der Waals surface area contributed by atoms with Gasteiger partial charge in [-0.15, -0.1) is 0 Å². The van der Waals surface area contributed by atoms with Gasteiger partial charge in [-0.2, -0.15) is 4.98 Å². The Hall–Kier alpha value is -2.95. The normalized spacial score (nSPS) is 13.1. The highest BCUT2D eigenvalue weighted by Crippen LogP contribution is 2.29. The Kier molecular flexibility index (Phi) is 3.61. The number of amides is 1. The highest BCUT2D eigenvalue weighted by molar-refractivity contribution is 6.07. The molecule has 0 saturated carbocycles. The number of hydrogen-bond acceptors (Lipinski definition) is 4. The molecule has 1 aliphatic rings. The molecule has 2 aromatic carbocycles. The van der Waals surface area contributed by atoms with Gasteiger partial charge in [-0.3, -0.25) is 4.79 Å². The monoisotopic (exact) mass is 319 g/mol. The third kappa shape index (κ3) is 2.48. The lowest BCUT2D eigenvalue weighted by Gasteiger charge is -2.17. The standard InChI is InChI=1S/C19H17N3O2/c1-2-17-20-18(21-24-17)14-7-9-15(10-8-14)19(23)22-12-11-13-5-3-4-6-16(13)22/h3-10H,2,11-12H2,1H3. The van der Waals surface area contributed by atoms with Gasteiger partial charge in [0.15, 0.2) is 0 Å². The quantitative estimate of drug-likeness (QED) is 0.741. The molecule has 1 amide bonds. The zero-order chi connectivity index (χ0) is 16.5. The van der Waals surface area contributed by atoms with Crippen LogP contribution in [0.2, 0.25) is 0 Å². The van der Waals surface area contributed by atoms with E-state index in [1.165, 1.54) is 5.56 Å². The molecule has 3 aromatic rings. The number of anilines is 1. The first-order chi connectivity index (χ1) is 11.8. The van der Waals surface area contributed by atoms with Crippen LogP contribution in [0.3, 0.4) is 0 Å². The second kappa shape index (κ2) is 5.92. The van der Waals surface area contributed by atoms with Gasteiger partial charge in [0.25, 0.3) is 5.91 Å². The number of carbonyl (C=O) groups excluding carboxylic acids is 1. The summed E-state index contributed by atoms with van der Waals surface area (Å²) < 4.78 is 5.13.